The summed E-state index contributed by atoms with van der Waals surface area (Å²) in [4.78, 5) is 10.8. The molecule has 1 atom stereocenters. The van der Waals surface area contributed by atoms with E-state index in [0.29, 0.717) is 0 Å². The van der Waals surface area contributed by atoms with Crippen LogP contribution in [0.4, 0.5) is 0 Å². The number of nitrogens with one attached hydrogen (secondary N) is 1. The van der Waals surface area contributed by atoms with Crippen molar-refractivity contribution in [2.75, 3.05) is 20.3 Å². The molecule has 62 valence electrons. The normalized spacial score (nSPS) is 11.7. The van der Waals surface area contributed by atoms with Gasteiger partial charge in [-0.2, -0.15) is 5.26 Å². The van der Waals surface area contributed by atoms with Crippen molar-refractivity contribution < 1.29 is 9.53 Å². The second-order valence-corrected chi connectivity index (χ2v) is 1.94. The van der Waals surface area contributed by atoms with Crippen molar-refractivity contribution in [1.29, 1.82) is 5.26 Å². The third kappa shape index (κ3) is 4.31. The molecule has 0 aromatic rings. The molecule has 0 aromatic heterocycles. The van der Waals surface area contributed by atoms with Gasteiger partial charge >= 0.3 is 0 Å². The summed E-state index contributed by atoms with van der Waals surface area (Å²) in [5, 5.41) is 10.4. The van der Waals surface area contributed by atoms with E-state index in [4.69, 9.17) is 11.0 Å². The third-order valence-electron chi connectivity index (χ3n) is 1.02. The van der Waals surface area contributed by atoms with Gasteiger partial charge in [-0.25, -0.2) is 0 Å². The quantitative estimate of drug-likeness (QED) is 0.491. The van der Waals surface area contributed by atoms with Crippen LogP contribution < -0.4 is 11.1 Å². The number of hydrogen-bond acceptors (Lipinski definition) is 4. The van der Waals surface area contributed by atoms with Crippen molar-refractivity contribution >= 4 is 5.91 Å². The van der Waals surface area contributed by atoms with Gasteiger partial charge in [0.1, 0.15) is 12.6 Å². The van der Waals surface area contributed by atoms with Gasteiger partial charge in [0.15, 0.2) is 0 Å². The summed E-state index contributed by atoms with van der Waals surface area (Å²) in [5.74, 6) is -0.367. The number of rotatable bonds is 4. The molecule has 0 bridgehead atoms. The van der Waals surface area contributed by atoms with E-state index >= 15 is 0 Å². The standard InChI is InChI=1S/C6H11N3O2/c1-11-4-5(8)6(10)9-3-2-7/h5H,3-4,8H2,1H3,(H,9,10). The first-order valence-corrected chi connectivity index (χ1v) is 3.11. The lowest BCUT2D eigenvalue weighted by atomic mass is 10.3. The van der Waals surface area contributed by atoms with Gasteiger partial charge in [-0.3, -0.25) is 4.79 Å². The molecule has 3 N–H and O–H groups in total. The van der Waals surface area contributed by atoms with Crippen molar-refractivity contribution in [3.8, 4) is 6.07 Å². The monoisotopic (exact) mass is 157 g/mol. The Balaban J connectivity index is 3.57. The second kappa shape index (κ2) is 5.65. The lowest BCUT2D eigenvalue weighted by Gasteiger charge is -2.08. The molecule has 0 aliphatic rings. The predicted molar refractivity (Wildman–Crippen MR) is 38.5 cm³/mol. The van der Waals surface area contributed by atoms with Gasteiger partial charge in [-0.05, 0) is 0 Å². The fraction of sp³-hybridized carbons (Fsp3) is 0.667. The fourth-order valence-electron chi connectivity index (χ4n) is 0.513. The Morgan fingerprint density at radius 1 is 1.91 bits per heavy atom. The van der Waals surface area contributed by atoms with Crippen molar-refractivity contribution in [2.45, 2.75) is 6.04 Å². The van der Waals surface area contributed by atoms with Crippen LogP contribution in [0, 0.1) is 11.3 Å². The summed E-state index contributed by atoms with van der Waals surface area (Å²) < 4.78 is 4.64. The first-order valence-electron chi connectivity index (χ1n) is 3.11. The van der Waals surface area contributed by atoms with Crippen LogP contribution in [0.15, 0.2) is 0 Å². The van der Waals surface area contributed by atoms with Gasteiger partial charge < -0.3 is 15.8 Å². The molecular weight excluding hydrogens is 146 g/mol. The Labute approximate surface area is 65.1 Å². The Morgan fingerprint density at radius 3 is 3.00 bits per heavy atom. The molecule has 0 saturated carbocycles. The zero-order valence-electron chi connectivity index (χ0n) is 6.33. The molecule has 1 amide bonds. The number of hydrogen-bond donors (Lipinski definition) is 2. The highest BCUT2D eigenvalue weighted by atomic mass is 16.5. The Morgan fingerprint density at radius 2 is 2.55 bits per heavy atom. The second-order valence-electron chi connectivity index (χ2n) is 1.94. The molecule has 5 heteroatoms. The van der Waals surface area contributed by atoms with Crippen LogP contribution in [0.3, 0.4) is 0 Å². The number of carbonyl (C=O) groups excluding carboxylic acids is 1. The molecule has 0 spiro atoms. The number of ether oxygens (including phenoxy) is 1. The van der Waals surface area contributed by atoms with Crippen molar-refractivity contribution in [3.63, 3.8) is 0 Å². The van der Waals surface area contributed by atoms with E-state index in [1.54, 1.807) is 6.07 Å². The minimum absolute atomic E-state index is 0.0176. The van der Waals surface area contributed by atoms with Gasteiger partial charge in [-0.1, -0.05) is 0 Å². The zero-order valence-corrected chi connectivity index (χ0v) is 6.33. The maximum absolute atomic E-state index is 10.8. The maximum atomic E-state index is 10.8. The molecule has 0 aliphatic carbocycles. The number of nitriles is 1. The highest BCUT2D eigenvalue weighted by Gasteiger charge is 2.10. The molecule has 5 nitrogen and oxygen atoms in total. The Hall–Kier alpha value is -1.12. The summed E-state index contributed by atoms with van der Waals surface area (Å²) in [7, 11) is 1.46. The maximum Gasteiger partial charge on any atom is 0.240 e. The lowest BCUT2D eigenvalue weighted by molar-refractivity contribution is -0.123. The van der Waals surface area contributed by atoms with Gasteiger partial charge in [0.05, 0.1) is 12.7 Å². The average Bonchev–Trinajstić information content (AvgIpc) is 2.00. The van der Waals surface area contributed by atoms with E-state index in [1.165, 1.54) is 7.11 Å². The van der Waals surface area contributed by atoms with E-state index in [2.05, 4.69) is 10.1 Å². The highest BCUT2D eigenvalue weighted by molar-refractivity contribution is 5.81. The molecular formula is C6H11N3O2. The lowest BCUT2D eigenvalue weighted by Crippen LogP contribution is -2.43. The first kappa shape index (κ1) is 9.88. The molecule has 0 saturated heterocycles. The number of nitrogens with zero attached hydrogens (tertiary/aromatic N) is 1. The largest absolute Gasteiger partial charge is 0.383 e. The summed E-state index contributed by atoms with van der Waals surface area (Å²) >= 11 is 0. The van der Waals surface area contributed by atoms with E-state index in [1.807, 2.05) is 0 Å². The Bertz CT molecular complexity index is 164. The number of carbonyl (C=O) groups is 1. The molecule has 0 fully saturated rings. The van der Waals surface area contributed by atoms with Crippen LogP contribution in [0.2, 0.25) is 0 Å². The number of methoxy groups -OCH3 is 1. The summed E-state index contributed by atoms with van der Waals surface area (Å²) in [6.07, 6.45) is 0. The van der Waals surface area contributed by atoms with Crippen LogP contribution in [0.25, 0.3) is 0 Å². The van der Waals surface area contributed by atoms with Crippen molar-refractivity contribution in [2.24, 2.45) is 5.73 Å². The number of amides is 1. The highest BCUT2D eigenvalue weighted by Crippen LogP contribution is 1.78. The van der Waals surface area contributed by atoms with Crippen LogP contribution in [0.5, 0.6) is 0 Å². The minimum atomic E-state index is -0.687. The van der Waals surface area contributed by atoms with Gasteiger partial charge in [0.2, 0.25) is 5.91 Å². The molecule has 1 unspecified atom stereocenters. The predicted octanol–water partition coefficient (Wildman–Crippen LogP) is -1.40. The molecule has 0 rings (SSSR count). The molecule has 0 radical (unpaired) electrons. The Kier molecular flexibility index (Phi) is 5.07. The summed E-state index contributed by atoms with van der Waals surface area (Å²) in [5.41, 5.74) is 5.32. The van der Waals surface area contributed by atoms with E-state index in [9.17, 15) is 4.79 Å². The van der Waals surface area contributed by atoms with Gasteiger partial charge in [0.25, 0.3) is 0 Å². The van der Waals surface area contributed by atoms with Gasteiger partial charge in [0, 0.05) is 7.11 Å². The topological polar surface area (TPSA) is 88.1 Å². The molecule has 11 heavy (non-hydrogen) atoms. The average molecular weight is 157 g/mol. The van der Waals surface area contributed by atoms with Crippen LogP contribution in [0.1, 0.15) is 0 Å². The van der Waals surface area contributed by atoms with E-state index < -0.39 is 6.04 Å². The van der Waals surface area contributed by atoms with Crippen molar-refractivity contribution in [3.05, 3.63) is 0 Å². The molecule has 0 heterocycles. The van der Waals surface area contributed by atoms with Crippen molar-refractivity contribution in [1.82, 2.24) is 5.32 Å². The summed E-state index contributed by atoms with van der Waals surface area (Å²) in [6, 6.07) is 1.08. The smallest absolute Gasteiger partial charge is 0.240 e. The van der Waals surface area contributed by atoms with E-state index in [0.717, 1.165) is 0 Å². The van der Waals surface area contributed by atoms with Crippen LogP contribution in [-0.2, 0) is 9.53 Å². The van der Waals surface area contributed by atoms with Crippen LogP contribution >= 0.6 is 0 Å². The number of nitrogens with two attached hydrogens (primary N) is 1. The molecule has 0 aromatic carbocycles. The third-order valence-corrected chi connectivity index (χ3v) is 1.02. The SMILES string of the molecule is COCC(N)C(=O)NCC#N. The molecule has 0 aliphatic heterocycles. The van der Waals surface area contributed by atoms with E-state index in [-0.39, 0.29) is 19.1 Å². The fourth-order valence-corrected chi connectivity index (χ4v) is 0.513. The van der Waals surface area contributed by atoms with Gasteiger partial charge in [-0.15, -0.1) is 0 Å². The van der Waals surface area contributed by atoms with Crippen LogP contribution in [-0.4, -0.2) is 32.2 Å². The zero-order chi connectivity index (χ0) is 8.69. The first-order chi connectivity index (χ1) is 5.22. The minimum Gasteiger partial charge on any atom is -0.383 e. The summed E-state index contributed by atoms with van der Waals surface area (Å²) in [6.45, 7) is 0.146.